The van der Waals surface area contributed by atoms with Crippen LogP contribution in [0.4, 0.5) is 15.8 Å². The highest BCUT2D eigenvalue weighted by Gasteiger charge is 2.32. The smallest absolute Gasteiger partial charge is 0.222 e. The van der Waals surface area contributed by atoms with Crippen LogP contribution < -0.4 is 16.0 Å². The average molecular weight is 431 g/mol. The molecule has 0 aromatic heterocycles. The minimum atomic E-state index is -0.580. The van der Waals surface area contributed by atoms with Gasteiger partial charge in [0.05, 0.1) is 18.2 Å². The molecule has 4 rings (SSSR count). The molecule has 2 aliphatic heterocycles. The highest BCUT2D eigenvalue weighted by molar-refractivity contribution is 6.31. The summed E-state index contributed by atoms with van der Waals surface area (Å²) in [5.41, 5.74) is 9.88. The highest BCUT2D eigenvalue weighted by Crippen LogP contribution is 2.27. The Morgan fingerprint density at radius 1 is 1.13 bits per heavy atom. The van der Waals surface area contributed by atoms with Crippen LogP contribution in [0.5, 0.6) is 0 Å². The van der Waals surface area contributed by atoms with Gasteiger partial charge in [0.1, 0.15) is 5.82 Å². The predicted molar refractivity (Wildman–Crippen MR) is 119 cm³/mol. The van der Waals surface area contributed by atoms with Gasteiger partial charge in [-0.1, -0.05) is 17.7 Å². The van der Waals surface area contributed by atoms with Crippen LogP contribution in [-0.4, -0.2) is 49.4 Å². The normalized spacial score (nSPS) is 19.4. The van der Waals surface area contributed by atoms with Crippen molar-refractivity contribution in [3.8, 4) is 0 Å². The lowest BCUT2D eigenvalue weighted by atomic mass is 10.1. The van der Waals surface area contributed by atoms with Gasteiger partial charge in [0, 0.05) is 24.5 Å². The molecule has 0 spiro atoms. The van der Waals surface area contributed by atoms with Crippen molar-refractivity contribution >= 4 is 34.9 Å². The summed E-state index contributed by atoms with van der Waals surface area (Å²) in [6.07, 6.45) is -0.580. The lowest BCUT2D eigenvalue weighted by molar-refractivity contribution is 0.0671. The average Bonchev–Trinajstić information content (AvgIpc) is 2.70. The zero-order valence-electron chi connectivity index (χ0n) is 16.9. The molecule has 2 aliphatic rings. The maximum Gasteiger partial charge on any atom is 0.222 e. The Balaban J connectivity index is 1.75. The van der Waals surface area contributed by atoms with Crippen LogP contribution >= 0.6 is 11.6 Å². The van der Waals surface area contributed by atoms with E-state index in [4.69, 9.17) is 22.1 Å². The molecule has 9 heteroatoms. The van der Waals surface area contributed by atoms with Crippen molar-refractivity contribution in [2.24, 2.45) is 15.7 Å². The number of nitrogens with two attached hydrogens (primary N) is 1. The Labute approximate surface area is 180 Å². The van der Waals surface area contributed by atoms with Gasteiger partial charge in [0.25, 0.3) is 0 Å². The number of hydrogen-bond acceptors (Lipinski definition) is 7. The minimum Gasteiger partial charge on any atom is -0.378 e. The van der Waals surface area contributed by atoms with Crippen LogP contribution in [0, 0.1) is 19.7 Å². The Kier molecular flexibility index (Phi) is 5.78. The van der Waals surface area contributed by atoms with Gasteiger partial charge in [0.15, 0.2) is 0 Å². The quantitative estimate of drug-likeness (QED) is 0.781. The van der Waals surface area contributed by atoms with Crippen molar-refractivity contribution in [3.63, 3.8) is 0 Å². The molecule has 0 aliphatic carbocycles. The Bertz CT molecular complexity index is 985. The summed E-state index contributed by atoms with van der Waals surface area (Å²) in [7, 11) is 0. The Morgan fingerprint density at radius 3 is 2.50 bits per heavy atom. The van der Waals surface area contributed by atoms with Crippen LogP contribution in [0.25, 0.3) is 0 Å². The Hall–Kier alpha value is -2.84. The van der Waals surface area contributed by atoms with Crippen LogP contribution in [-0.2, 0) is 4.74 Å². The van der Waals surface area contributed by atoms with Crippen LogP contribution in [0.1, 0.15) is 11.1 Å². The topological polar surface area (TPSA) is 78.5 Å². The fourth-order valence-electron chi connectivity index (χ4n) is 3.64. The first kappa shape index (κ1) is 20.4. The van der Waals surface area contributed by atoms with E-state index in [9.17, 15) is 4.39 Å². The second-order valence-corrected chi connectivity index (χ2v) is 7.77. The minimum absolute atomic E-state index is 0.0350. The summed E-state index contributed by atoms with van der Waals surface area (Å²) >= 11 is 5.97. The van der Waals surface area contributed by atoms with E-state index in [1.54, 1.807) is 6.07 Å². The van der Waals surface area contributed by atoms with Gasteiger partial charge in [0.2, 0.25) is 18.2 Å². The molecule has 0 amide bonds. The number of nitrogens with one attached hydrogen (secondary N) is 1. The summed E-state index contributed by atoms with van der Waals surface area (Å²) in [5.74, 6) is 0.389. The van der Waals surface area contributed by atoms with E-state index in [-0.39, 0.29) is 11.0 Å². The van der Waals surface area contributed by atoms with E-state index in [0.717, 1.165) is 16.8 Å². The third-order valence-corrected chi connectivity index (χ3v) is 5.21. The largest absolute Gasteiger partial charge is 0.378 e. The number of anilines is 2. The lowest BCUT2D eigenvalue weighted by Gasteiger charge is -2.41. The zero-order chi connectivity index (χ0) is 21.3. The molecule has 0 radical (unpaired) electrons. The van der Waals surface area contributed by atoms with E-state index in [1.807, 2.05) is 18.7 Å². The maximum atomic E-state index is 13.6. The van der Waals surface area contributed by atoms with Gasteiger partial charge in [-0.2, -0.15) is 4.99 Å². The molecular weight excluding hydrogens is 407 g/mol. The van der Waals surface area contributed by atoms with Crippen molar-refractivity contribution in [2.45, 2.75) is 20.1 Å². The standard InChI is InChI=1S/C21H24ClFN6O/c1-13-9-14(2)11-16(10-13)29-20(25-15-3-4-18(23)17(22)12-15)26-19(24)27-21(29)28-5-7-30-8-6-28/h3-4,9-12,20,25H,5-8H2,1-2H3,(H2,24,26). The second kappa shape index (κ2) is 8.49. The van der Waals surface area contributed by atoms with E-state index in [2.05, 4.69) is 38.4 Å². The van der Waals surface area contributed by atoms with Crippen molar-refractivity contribution in [1.29, 1.82) is 0 Å². The molecule has 2 aromatic carbocycles. The van der Waals surface area contributed by atoms with Crippen LogP contribution in [0.2, 0.25) is 5.02 Å². The molecule has 30 heavy (non-hydrogen) atoms. The maximum absolute atomic E-state index is 13.6. The van der Waals surface area contributed by atoms with E-state index in [0.29, 0.717) is 38.0 Å². The molecule has 1 atom stereocenters. The number of morpholine rings is 1. The predicted octanol–water partition coefficient (Wildman–Crippen LogP) is 3.31. The van der Waals surface area contributed by atoms with Crippen molar-refractivity contribution < 1.29 is 9.13 Å². The number of guanidine groups is 2. The monoisotopic (exact) mass is 430 g/mol. The number of hydrogen-bond donors (Lipinski definition) is 2. The first-order chi connectivity index (χ1) is 14.4. The summed E-state index contributed by atoms with van der Waals surface area (Å²) < 4.78 is 19.1. The number of rotatable bonds is 3. The summed E-state index contributed by atoms with van der Waals surface area (Å²) in [6.45, 7) is 6.72. The number of ether oxygens (including phenoxy) is 1. The van der Waals surface area contributed by atoms with Gasteiger partial charge in [-0.3, -0.25) is 4.90 Å². The lowest BCUT2D eigenvalue weighted by Crippen LogP contribution is -2.57. The second-order valence-electron chi connectivity index (χ2n) is 7.36. The molecule has 1 saturated heterocycles. The number of nitrogens with zero attached hydrogens (tertiary/aromatic N) is 4. The van der Waals surface area contributed by atoms with Gasteiger partial charge < -0.3 is 20.7 Å². The highest BCUT2D eigenvalue weighted by atomic mass is 35.5. The van der Waals surface area contributed by atoms with Crippen molar-refractivity contribution in [3.05, 3.63) is 58.4 Å². The molecule has 1 fully saturated rings. The molecule has 3 N–H and O–H groups in total. The van der Waals surface area contributed by atoms with Crippen molar-refractivity contribution in [2.75, 3.05) is 36.5 Å². The number of benzene rings is 2. The molecule has 2 heterocycles. The van der Waals surface area contributed by atoms with Gasteiger partial charge in [-0.25, -0.2) is 9.38 Å². The first-order valence-corrected chi connectivity index (χ1v) is 10.1. The van der Waals surface area contributed by atoms with Crippen LogP contribution in [0.3, 0.4) is 0 Å². The van der Waals surface area contributed by atoms with Gasteiger partial charge in [-0.15, -0.1) is 0 Å². The SMILES string of the molecule is Cc1cc(C)cc(N2C(N3CCOCC3)=NC(N)=NC2Nc2ccc(F)c(Cl)c2)c1. The molecule has 158 valence electrons. The molecular formula is C21H24ClFN6O. The van der Waals surface area contributed by atoms with E-state index >= 15 is 0 Å². The third-order valence-electron chi connectivity index (χ3n) is 4.92. The summed E-state index contributed by atoms with van der Waals surface area (Å²) in [5, 5.41) is 3.34. The van der Waals surface area contributed by atoms with Gasteiger partial charge >= 0.3 is 0 Å². The van der Waals surface area contributed by atoms with E-state index in [1.165, 1.54) is 12.1 Å². The number of aliphatic imine (C=N–C) groups is 2. The molecule has 2 aromatic rings. The fraction of sp³-hybridized carbons (Fsp3) is 0.333. The Morgan fingerprint density at radius 2 is 1.83 bits per heavy atom. The first-order valence-electron chi connectivity index (χ1n) is 9.74. The molecule has 1 unspecified atom stereocenters. The summed E-state index contributed by atoms with van der Waals surface area (Å²) in [4.78, 5) is 13.2. The molecule has 7 nitrogen and oxygen atoms in total. The number of aryl methyl sites for hydroxylation is 2. The van der Waals surface area contributed by atoms with Crippen LogP contribution in [0.15, 0.2) is 46.4 Å². The van der Waals surface area contributed by atoms with Gasteiger partial charge in [-0.05, 0) is 55.3 Å². The van der Waals surface area contributed by atoms with E-state index < -0.39 is 12.1 Å². The third kappa shape index (κ3) is 4.34. The zero-order valence-corrected chi connectivity index (χ0v) is 17.7. The fourth-order valence-corrected chi connectivity index (χ4v) is 3.82. The number of halogens is 2. The van der Waals surface area contributed by atoms with Crippen molar-refractivity contribution in [1.82, 2.24) is 4.90 Å². The molecule has 0 bridgehead atoms. The molecule has 0 saturated carbocycles. The summed E-state index contributed by atoms with van der Waals surface area (Å²) in [6, 6.07) is 10.7.